The molecule has 0 aromatic heterocycles. The molecule has 0 unspecified atom stereocenters. The van der Waals surface area contributed by atoms with Gasteiger partial charge >= 0.3 is 0 Å². The predicted octanol–water partition coefficient (Wildman–Crippen LogP) is 2.40. The minimum atomic E-state index is 0.103. The van der Waals surface area contributed by atoms with Crippen molar-refractivity contribution < 1.29 is 10.2 Å². The molecule has 0 fully saturated rings. The number of aliphatic hydroxyl groups is 2. The van der Waals surface area contributed by atoms with Gasteiger partial charge in [0.1, 0.15) is 0 Å². The van der Waals surface area contributed by atoms with E-state index in [4.69, 9.17) is 5.11 Å². The van der Waals surface area contributed by atoms with Crippen LogP contribution in [0, 0.1) is 11.8 Å². The molecule has 0 aliphatic heterocycles. The Balaban J connectivity index is 2.79. The topological polar surface area (TPSA) is 43.7 Å². The van der Waals surface area contributed by atoms with Crippen molar-refractivity contribution in [1.82, 2.24) is 4.90 Å². The summed E-state index contributed by atoms with van der Waals surface area (Å²) in [6.45, 7) is 6.21. The van der Waals surface area contributed by atoms with E-state index in [-0.39, 0.29) is 13.2 Å². The highest BCUT2D eigenvalue weighted by Gasteiger charge is 2.14. The maximum atomic E-state index is 9.26. The van der Waals surface area contributed by atoms with Crippen molar-refractivity contribution >= 4 is 0 Å². The van der Waals surface area contributed by atoms with Crippen LogP contribution in [-0.4, -0.2) is 40.9 Å². The Morgan fingerprint density at radius 3 is 2.52 bits per heavy atom. The summed E-state index contributed by atoms with van der Waals surface area (Å²) in [7, 11) is 0. The summed E-state index contributed by atoms with van der Waals surface area (Å²) in [5, 5.41) is 18.0. The Bertz CT molecular complexity index is 458. The Morgan fingerprint density at radius 2 is 1.90 bits per heavy atom. The van der Waals surface area contributed by atoms with Crippen LogP contribution in [0.5, 0.6) is 0 Å². The molecule has 2 N–H and O–H groups in total. The molecule has 0 saturated heterocycles. The zero-order valence-corrected chi connectivity index (χ0v) is 13.2. The lowest BCUT2D eigenvalue weighted by Gasteiger charge is -2.29. The zero-order chi connectivity index (χ0) is 15.5. The molecule has 1 rings (SSSR count). The first-order chi connectivity index (χ1) is 10.2. The van der Waals surface area contributed by atoms with Crippen molar-refractivity contribution in [3.8, 4) is 11.8 Å². The molecular formula is C18H27NO2. The Hall–Kier alpha value is -1.34. The summed E-state index contributed by atoms with van der Waals surface area (Å²) in [4.78, 5) is 2.33. The molecule has 0 heterocycles. The molecule has 0 radical (unpaired) electrons. The molecule has 1 aromatic carbocycles. The maximum absolute atomic E-state index is 9.26. The van der Waals surface area contributed by atoms with Crippen LogP contribution in [-0.2, 0) is 6.54 Å². The number of benzene rings is 1. The highest BCUT2D eigenvalue weighted by molar-refractivity contribution is 5.37. The molecule has 21 heavy (non-hydrogen) atoms. The van der Waals surface area contributed by atoms with Gasteiger partial charge in [-0.3, -0.25) is 4.90 Å². The van der Waals surface area contributed by atoms with Crippen LogP contribution in [0.1, 0.15) is 44.2 Å². The minimum Gasteiger partial charge on any atom is -0.395 e. The van der Waals surface area contributed by atoms with Crippen molar-refractivity contribution in [2.45, 2.75) is 45.7 Å². The normalized spacial score (nSPS) is 10.8. The molecule has 0 spiro atoms. The number of hydrogen-bond acceptors (Lipinski definition) is 3. The van der Waals surface area contributed by atoms with E-state index in [9.17, 15) is 5.11 Å². The lowest BCUT2D eigenvalue weighted by Crippen LogP contribution is -2.36. The fourth-order valence-corrected chi connectivity index (χ4v) is 2.53. The van der Waals surface area contributed by atoms with Crippen molar-refractivity contribution in [1.29, 1.82) is 0 Å². The van der Waals surface area contributed by atoms with E-state index in [0.717, 1.165) is 24.9 Å². The fraction of sp³-hybridized carbons (Fsp3) is 0.556. The van der Waals surface area contributed by atoms with Gasteiger partial charge in [-0.25, -0.2) is 0 Å². The Kier molecular flexibility index (Phi) is 8.77. The van der Waals surface area contributed by atoms with Gasteiger partial charge < -0.3 is 10.2 Å². The molecule has 0 amide bonds. The van der Waals surface area contributed by atoms with Gasteiger partial charge in [0.15, 0.2) is 0 Å². The summed E-state index contributed by atoms with van der Waals surface area (Å²) in [5.74, 6) is 6.02. The van der Waals surface area contributed by atoms with E-state index in [1.165, 1.54) is 5.56 Å². The summed E-state index contributed by atoms with van der Waals surface area (Å²) in [5.41, 5.74) is 2.19. The average Bonchev–Trinajstić information content (AvgIpc) is 2.49. The average molecular weight is 289 g/mol. The number of rotatable bonds is 8. The SMILES string of the molecule is CCC(CC)N(CCO)Cc1cccc(C#CCCO)c1. The van der Waals surface area contributed by atoms with Gasteiger partial charge in [0, 0.05) is 31.1 Å². The van der Waals surface area contributed by atoms with Gasteiger partial charge in [0.05, 0.1) is 13.2 Å². The van der Waals surface area contributed by atoms with E-state index < -0.39 is 0 Å². The monoisotopic (exact) mass is 289 g/mol. The smallest absolute Gasteiger partial charge is 0.0558 e. The third-order valence-corrected chi connectivity index (χ3v) is 3.63. The number of aliphatic hydroxyl groups excluding tert-OH is 2. The first-order valence-corrected chi connectivity index (χ1v) is 7.78. The Morgan fingerprint density at radius 1 is 1.14 bits per heavy atom. The molecule has 0 saturated carbocycles. The second-order valence-electron chi connectivity index (χ2n) is 5.14. The molecule has 116 valence electrons. The number of nitrogens with zero attached hydrogens (tertiary/aromatic N) is 1. The summed E-state index contributed by atoms with van der Waals surface area (Å²) >= 11 is 0. The van der Waals surface area contributed by atoms with Gasteiger partial charge in [-0.2, -0.15) is 0 Å². The van der Waals surface area contributed by atoms with Gasteiger partial charge in [-0.1, -0.05) is 37.8 Å². The molecule has 0 aliphatic rings. The van der Waals surface area contributed by atoms with E-state index >= 15 is 0 Å². The van der Waals surface area contributed by atoms with Gasteiger partial charge in [-0.05, 0) is 30.5 Å². The van der Waals surface area contributed by atoms with Gasteiger partial charge in [0.25, 0.3) is 0 Å². The predicted molar refractivity (Wildman–Crippen MR) is 86.9 cm³/mol. The van der Waals surface area contributed by atoms with Crippen molar-refractivity contribution in [3.05, 3.63) is 35.4 Å². The Labute approximate surface area is 128 Å². The highest BCUT2D eigenvalue weighted by Crippen LogP contribution is 2.14. The van der Waals surface area contributed by atoms with Crippen LogP contribution in [0.2, 0.25) is 0 Å². The summed E-state index contributed by atoms with van der Waals surface area (Å²) < 4.78 is 0. The fourth-order valence-electron chi connectivity index (χ4n) is 2.53. The molecule has 3 nitrogen and oxygen atoms in total. The van der Waals surface area contributed by atoms with E-state index in [1.54, 1.807) is 0 Å². The maximum Gasteiger partial charge on any atom is 0.0558 e. The van der Waals surface area contributed by atoms with Crippen LogP contribution in [0.3, 0.4) is 0 Å². The largest absolute Gasteiger partial charge is 0.395 e. The second kappa shape index (κ2) is 10.4. The molecule has 0 aliphatic carbocycles. The van der Waals surface area contributed by atoms with Crippen LogP contribution in [0.4, 0.5) is 0 Å². The second-order valence-corrected chi connectivity index (χ2v) is 5.14. The van der Waals surface area contributed by atoms with E-state index in [2.05, 4.69) is 42.7 Å². The summed E-state index contributed by atoms with van der Waals surface area (Å²) in [6.07, 6.45) is 2.69. The van der Waals surface area contributed by atoms with Crippen LogP contribution in [0.25, 0.3) is 0 Å². The highest BCUT2D eigenvalue weighted by atomic mass is 16.3. The van der Waals surface area contributed by atoms with Crippen LogP contribution >= 0.6 is 0 Å². The quantitative estimate of drug-likeness (QED) is 0.722. The third kappa shape index (κ3) is 6.31. The van der Waals surface area contributed by atoms with Crippen molar-refractivity contribution in [2.24, 2.45) is 0 Å². The molecule has 0 atom stereocenters. The molecule has 0 bridgehead atoms. The first kappa shape index (κ1) is 17.7. The molecule has 3 heteroatoms. The lowest BCUT2D eigenvalue weighted by atomic mass is 10.1. The molecule has 1 aromatic rings. The van der Waals surface area contributed by atoms with Crippen LogP contribution < -0.4 is 0 Å². The number of hydrogen-bond donors (Lipinski definition) is 2. The lowest BCUT2D eigenvalue weighted by molar-refractivity contribution is 0.136. The summed E-state index contributed by atoms with van der Waals surface area (Å²) in [6, 6.07) is 8.70. The van der Waals surface area contributed by atoms with Crippen molar-refractivity contribution in [3.63, 3.8) is 0 Å². The minimum absolute atomic E-state index is 0.103. The standard InChI is InChI=1S/C18H27NO2/c1-3-18(4-2)19(11-13-21)15-17-10-7-9-16(14-17)8-5-6-12-20/h7,9-10,14,18,20-21H,3-4,6,11-13,15H2,1-2H3. The van der Waals surface area contributed by atoms with Gasteiger partial charge in [-0.15, -0.1) is 0 Å². The third-order valence-electron chi connectivity index (χ3n) is 3.63. The van der Waals surface area contributed by atoms with Gasteiger partial charge in [0.2, 0.25) is 0 Å². The van der Waals surface area contributed by atoms with E-state index in [0.29, 0.717) is 19.0 Å². The zero-order valence-electron chi connectivity index (χ0n) is 13.2. The van der Waals surface area contributed by atoms with Crippen LogP contribution in [0.15, 0.2) is 24.3 Å². The van der Waals surface area contributed by atoms with Crippen molar-refractivity contribution in [2.75, 3.05) is 19.8 Å². The molecular weight excluding hydrogens is 262 g/mol. The van der Waals surface area contributed by atoms with E-state index in [1.807, 2.05) is 12.1 Å². The first-order valence-electron chi connectivity index (χ1n) is 7.78.